The molecule has 0 heterocycles. The normalized spacial score (nSPS) is 14.6. The van der Waals surface area contributed by atoms with Crippen LogP contribution in [-0.2, 0) is 20.8 Å². The van der Waals surface area contributed by atoms with Gasteiger partial charge in [0.2, 0.25) is 6.20 Å². The van der Waals surface area contributed by atoms with E-state index in [0.29, 0.717) is 26.1 Å². The van der Waals surface area contributed by atoms with Crippen LogP contribution in [0.1, 0.15) is 38.7 Å². The topological polar surface area (TPSA) is 80.1 Å². The minimum Gasteiger partial charge on any atom is -0.497 e. The molecule has 0 N–H and O–H groups in total. The highest BCUT2D eigenvalue weighted by Crippen LogP contribution is 2.32. The molecule has 2 atom stereocenters. The highest BCUT2D eigenvalue weighted by molar-refractivity contribution is 5.26. The number of hydrogen-bond acceptors (Lipinski definition) is 6. The third-order valence-electron chi connectivity index (χ3n) is 4.76. The standard InChI is InChI=1S/C24H35NO6/c1-20(2)12-13-24(3,17-23(31-19-28-4)7-6-15-25(26)27)14-16-30-18-21-8-10-22(29-5)11-9-21/h6,8-13,15,23H,1,7,14,16-19H2,2-5H3/b13-12+,15-6+/t23-,24-/m1/s1. The number of hydrogen-bond donors (Lipinski definition) is 0. The second kappa shape index (κ2) is 14.5. The monoisotopic (exact) mass is 433 g/mol. The van der Waals surface area contributed by atoms with Gasteiger partial charge in [-0.3, -0.25) is 10.1 Å². The number of ether oxygens (including phenoxy) is 4. The lowest BCUT2D eigenvalue weighted by atomic mass is 9.80. The van der Waals surface area contributed by atoms with E-state index in [0.717, 1.165) is 29.5 Å². The van der Waals surface area contributed by atoms with E-state index in [-0.39, 0.29) is 18.3 Å². The SMILES string of the molecule is C=C(C)/C=C/[C@](C)(CCOCc1ccc(OC)cc1)C[C@@H](C/C=C/[N+](=O)[O-])OCOC. The van der Waals surface area contributed by atoms with Crippen molar-refractivity contribution < 1.29 is 23.9 Å². The summed E-state index contributed by atoms with van der Waals surface area (Å²) in [5, 5.41) is 10.6. The van der Waals surface area contributed by atoms with Crippen LogP contribution in [0.2, 0.25) is 0 Å². The van der Waals surface area contributed by atoms with Crippen LogP contribution >= 0.6 is 0 Å². The van der Waals surface area contributed by atoms with Crippen LogP contribution in [0.3, 0.4) is 0 Å². The van der Waals surface area contributed by atoms with Gasteiger partial charge in [0.1, 0.15) is 12.5 Å². The van der Waals surface area contributed by atoms with Gasteiger partial charge in [-0.15, -0.1) is 0 Å². The number of rotatable bonds is 16. The zero-order valence-electron chi connectivity index (χ0n) is 19.0. The summed E-state index contributed by atoms with van der Waals surface area (Å²) in [6.45, 7) is 9.21. The van der Waals surface area contributed by atoms with Gasteiger partial charge in [-0.2, -0.15) is 0 Å². The molecule has 0 spiro atoms. The second-order valence-electron chi connectivity index (χ2n) is 7.79. The Labute approximate surface area is 185 Å². The molecule has 0 radical (unpaired) electrons. The smallest absolute Gasteiger partial charge is 0.230 e. The highest BCUT2D eigenvalue weighted by Gasteiger charge is 2.26. The molecule has 0 fully saturated rings. The molecule has 0 aliphatic heterocycles. The number of nitro groups is 1. The van der Waals surface area contributed by atoms with E-state index < -0.39 is 4.92 Å². The minimum absolute atomic E-state index is 0.130. The van der Waals surface area contributed by atoms with Crippen molar-refractivity contribution in [2.24, 2.45) is 5.41 Å². The van der Waals surface area contributed by atoms with E-state index in [1.165, 1.54) is 6.08 Å². The summed E-state index contributed by atoms with van der Waals surface area (Å²) in [5.41, 5.74) is 1.79. The molecule has 7 heteroatoms. The fourth-order valence-electron chi connectivity index (χ4n) is 3.01. The second-order valence-corrected chi connectivity index (χ2v) is 7.79. The third kappa shape index (κ3) is 12.1. The molecule has 1 aromatic carbocycles. The molecule has 7 nitrogen and oxygen atoms in total. The van der Waals surface area contributed by atoms with E-state index in [9.17, 15) is 10.1 Å². The zero-order chi connectivity index (χ0) is 23.1. The molecular weight excluding hydrogens is 398 g/mol. The van der Waals surface area contributed by atoms with Gasteiger partial charge in [-0.25, -0.2) is 0 Å². The number of benzene rings is 1. The Morgan fingerprint density at radius 1 is 1.29 bits per heavy atom. The van der Waals surface area contributed by atoms with Crippen molar-refractivity contribution in [1.29, 1.82) is 0 Å². The van der Waals surface area contributed by atoms with Crippen LogP contribution in [0.25, 0.3) is 0 Å². The minimum atomic E-state index is -0.472. The van der Waals surface area contributed by atoms with Gasteiger partial charge in [-0.05, 0) is 55.4 Å². The van der Waals surface area contributed by atoms with Gasteiger partial charge >= 0.3 is 0 Å². The largest absolute Gasteiger partial charge is 0.497 e. The Hall–Kier alpha value is -2.48. The summed E-state index contributed by atoms with van der Waals surface area (Å²) in [6.07, 6.45) is 8.19. The first-order chi connectivity index (χ1) is 14.8. The fraction of sp³-hybridized carbons (Fsp3) is 0.500. The molecule has 0 aliphatic rings. The molecule has 1 aromatic rings. The molecule has 0 saturated carbocycles. The summed E-state index contributed by atoms with van der Waals surface area (Å²) in [4.78, 5) is 10.1. The highest BCUT2D eigenvalue weighted by atomic mass is 16.7. The van der Waals surface area contributed by atoms with Gasteiger partial charge in [-0.1, -0.05) is 43.4 Å². The lowest BCUT2D eigenvalue weighted by molar-refractivity contribution is -0.402. The van der Waals surface area contributed by atoms with Crippen molar-refractivity contribution in [3.63, 3.8) is 0 Å². The molecule has 0 aliphatic carbocycles. The van der Waals surface area contributed by atoms with Crippen molar-refractivity contribution in [3.8, 4) is 5.75 Å². The Balaban J connectivity index is 2.74. The lowest BCUT2D eigenvalue weighted by Gasteiger charge is -2.30. The lowest BCUT2D eigenvalue weighted by Crippen LogP contribution is -2.26. The summed E-state index contributed by atoms with van der Waals surface area (Å²) >= 11 is 0. The number of methoxy groups -OCH3 is 2. The predicted molar refractivity (Wildman–Crippen MR) is 121 cm³/mol. The molecule has 0 unspecified atom stereocenters. The van der Waals surface area contributed by atoms with E-state index in [4.69, 9.17) is 18.9 Å². The van der Waals surface area contributed by atoms with E-state index in [1.807, 2.05) is 37.3 Å². The first kappa shape index (κ1) is 26.6. The average molecular weight is 434 g/mol. The van der Waals surface area contributed by atoms with Crippen LogP contribution in [0.4, 0.5) is 0 Å². The van der Waals surface area contributed by atoms with E-state index in [1.54, 1.807) is 14.2 Å². The summed E-state index contributed by atoms with van der Waals surface area (Å²) in [6, 6.07) is 7.79. The van der Waals surface area contributed by atoms with Crippen LogP contribution < -0.4 is 4.74 Å². The first-order valence-corrected chi connectivity index (χ1v) is 10.2. The van der Waals surface area contributed by atoms with Gasteiger partial charge in [0.05, 0.1) is 24.7 Å². The van der Waals surface area contributed by atoms with Crippen LogP contribution in [-0.4, -0.2) is 38.6 Å². The average Bonchev–Trinajstić information content (AvgIpc) is 2.74. The van der Waals surface area contributed by atoms with Crippen molar-refractivity contribution >= 4 is 0 Å². The van der Waals surface area contributed by atoms with Gasteiger partial charge in [0, 0.05) is 13.7 Å². The molecular formula is C24H35NO6. The van der Waals surface area contributed by atoms with Gasteiger partial charge in [0.15, 0.2) is 0 Å². The zero-order valence-corrected chi connectivity index (χ0v) is 19.0. The maximum Gasteiger partial charge on any atom is 0.230 e. The van der Waals surface area contributed by atoms with Crippen molar-refractivity contribution in [3.05, 3.63) is 76.5 Å². The molecule has 0 amide bonds. The Bertz CT molecular complexity index is 728. The van der Waals surface area contributed by atoms with E-state index in [2.05, 4.69) is 19.6 Å². The van der Waals surface area contributed by atoms with Crippen LogP contribution in [0, 0.1) is 15.5 Å². The van der Waals surface area contributed by atoms with Gasteiger partial charge < -0.3 is 18.9 Å². The third-order valence-corrected chi connectivity index (χ3v) is 4.76. The van der Waals surface area contributed by atoms with E-state index >= 15 is 0 Å². The fourth-order valence-corrected chi connectivity index (χ4v) is 3.01. The van der Waals surface area contributed by atoms with Crippen molar-refractivity contribution in [2.75, 3.05) is 27.6 Å². The molecule has 172 valence electrons. The molecule has 0 bridgehead atoms. The van der Waals surface area contributed by atoms with Gasteiger partial charge in [0.25, 0.3) is 0 Å². The quantitative estimate of drug-likeness (QED) is 0.116. The predicted octanol–water partition coefficient (Wildman–Crippen LogP) is 5.30. The molecule has 0 aromatic heterocycles. The summed E-state index contributed by atoms with van der Waals surface area (Å²) in [5.74, 6) is 0.814. The first-order valence-electron chi connectivity index (χ1n) is 10.2. The maximum atomic E-state index is 10.6. The number of nitrogens with zero attached hydrogens (tertiary/aromatic N) is 1. The Morgan fingerprint density at radius 2 is 2.00 bits per heavy atom. The van der Waals surface area contributed by atoms with Crippen molar-refractivity contribution in [1.82, 2.24) is 0 Å². The maximum absolute atomic E-state index is 10.6. The Kier molecular flexibility index (Phi) is 12.4. The number of allylic oxidation sites excluding steroid dienone is 3. The summed E-state index contributed by atoms with van der Waals surface area (Å²) < 4.78 is 21.9. The summed E-state index contributed by atoms with van der Waals surface area (Å²) in [7, 11) is 3.19. The van der Waals surface area contributed by atoms with Crippen LogP contribution in [0.15, 0.2) is 60.8 Å². The Morgan fingerprint density at radius 3 is 2.58 bits per heavy atom. The molecule has 31 heavy (non-hydrogen) atoms. The van der Waals surface area contributed by atoms with Crippen molar-refractivity contribution in [2.45, 2.75) is 45.8 Å². The molecule has 0 saturated heterocycles. The van der Waals surface area contributed by atoms with Crippen LogP contribution in [0.5, 0.6) is 5.75 Å². The molecule has 1 rings (SSSR count).